The fourth-order valence-corrected chi connectivity index (χ4v) is 4.02. The summed E-state index contributed by atoms with van der Waals surface area (Å²) in [5.41, 5.74) is 0.897. The molecule has 2 heterocycles. The third-order valence-corrected chi connectivity index (χ3v) is 5.51. The van der Waals surface area contributed by atoms with Crippen LogP contribution in [-0.4, -0.2) is 29.6 Å². The zero-order valence-electron chi connectivity index (χ0n) is 12.2. The van der Waals surface area contributed by atoms with E-state index in [9.17, 15) is 4.79 Å². The van der Waals surface area contributed by atoms with Crippen LogP contribution in [0.5, 0.6) is 0 Å². The summed E-state index contributed by atoms with van der Waals surface area (Å²) in [6.45, 7) is 1.55. The second kappa shape index (κ2) is 7.25. The highest BCUT2D eigenvalue weighted by atomic mass is 35.5. The van der Waals surface area contributed by atoms with Gasteiger partial charge in [-0.1, -0.05) is 29.8 Å². The van der Waals surface area contributed by atoms with Gasteiger partial charge in [0.1, 0.15) is 5.76 Å². The van der Waals surface area contributed by atoms with Crippen molar-refractivity contribution in [2.24, 2.45) is 0 Å². The Morgan fingerprint density at radius 2 is 2.14 bits per heavy atom. The fraction of sp³-hybridized carbons (Fsp3) is 0.353. The molecule has 1 aromatic heterocycles. The first kappa shape index (κ1) is 15.5. The topological polar surface area (TPSA) is 33.5 Å². The average molecular weight is 336 g/mol. The second-order valence-corrected chi connectivity index (χ2v) is 7.03. The molecule has 116 valence electrons. The van der Waals surface area contributed by atoms with Gasteiger partial charge in [-0.3, -0.25) is 4.79 Å². The molecule has 1 aliphatic heterocycles. The molecule has 0 bridgehead atoms. The number of halogens is 1. The quantitative estimate of drug-likeness (QED) is 0.843. The number of hydrogen-bond donors (Lipinski definition) is 0. The van der Waals surface area contributed by atoms with Gasteiger partial charge in [0.25, 0.3) is 0 Å². The predicted octanol–water partition coefficient (Wildman–Crippen LogP) is 4.18. The van der Waals surface area contributed by atoms with Gasteiger partial charge in [0, 0.05) is 23.9 Å². The predicted molar refractivity (Wildman–Crippen MR) is 90.3 cm³/mol. The number of nitrogens with zero attached hydrogens (tertiary/aromatic N) is 1. The molecule has 2 aromatic rings. The van der Waals surface area contributed by atoms with Crippen LogP contribution in [-0.2, 0) is 11.2 Å². The van der Waals surface area contributed by atoms with Gasteiger partial charge in [-0.15, -0.1) is 11.8 Å². The van der Waals surface area contributed by atoms with E-state index >= 15 is 0 Å². The van der Waals surface area contributed by atoms with Crippen molar-refractivity contribution < 1.29 is 9.21 Å². The molecule has 1 fully saturated rings. The Hall–Kier alpha value is -1.39. The molecule has 1 atom stereocenters. The highest BCUT2D eigenvalue weighted by molar-refractivity contribution is 7.99. The molecule has 1 saturated heterocycles. The number of thioether (sulfide) groups is 1. The van der Waals surface area contributed by atoms with E-state index in [1.54, 1.807) is 6.26 Å². The zero-order valence-corrected chi connectivity index (χ0v) is 13.8. The zero-order chi connectivity index (χ0) is 15.4. The summed E-state index contributed by atoms with van der Waals surface area (Å²) in [6, 6.07) is 11.5. The van der Waals surface area contributed by atoms with Gasteiger partial charge in [-0.2, -0.15) is 0 Å². The largest absolute Gasteiger partial charge is 0.468 e. The summed E-state index contributed by atoms with van der Waals surface area (Å²) in [5.74, 6) is 2.08. The molecule has 0 radical (unpaired) electrons. The first-order valence-corrected chi connectivity index (χ1v) is 8.83. The molecule has 1 amide bonds. The van der Waals surface area contributed by atoms with Crippen molar-refractivity contribution in [1.29, 1.82) is 0 Å². The monoisotopic (exact) mass is 335 g/mol. The van der Waals surface area contributed by atoms with Crippen molar-refractivity contribution >= 4 is 29.3 Å². The number of benzene rings is 1. The standard InChI is InChI=1S/C17H18ClNO2S/c18-14-5-2-1-4-13(14)12-17(20)19-8-7-16(22-11-9-19)15-6-3-10-21-15/h1-6,10,16H,7-9,11-12H2. The Bertz CT molecular complexity index is 629. The molecule has 1 unspecified atom stereocenters. The van der Waals surface area contributed by atoms with Crippen molar-refractivity contribution in [1.82, 2.24) is 4.90 Å². The third kappa shape index (κ3) is 3.68. The molecule has 1 aliphatic rings. The first-order valence-electron chi connectivity index (χ1n) is 7.40. The maximum atomic E-state index is 12.5. The van der Waals surface area contributed by atoms with E-state index in [1.165, 1.54) is 0 Å². The van der Waals surface area contributed by atoms with Crippen LogP contribution >= 0.6 is 23.4 Å². The molecule has 0 spiro atoms. The summed E-state index contributed by atoms with van der Waals surface area (Å²) in [5, 5.41) is 1.00. The lowest BCUT2D eigenvalue weighted by molar-refractivity contribution is -0.130. The fourth-order valence-electron chi connectivity index (χ4n) is 2.64. The van der Waals surface area contributed by atoms with E-state index in [1.807, 2.05) is 53.1 Å². The maximum Gasteiger partial charge on any atom is 0.227 e. The van der Waals surface area contributed by atoms with E-state index in [0.717, 1.165) is 36.6 Å². The van der Waals surface area contributed by atoms with Crippen molar-refractivity contribution in [3.63, 3.8) is 0 Å². The van der Waals surface area contributed by atoms with Gasteiger partial charge in [0.05, 0.1) is 17.9 Å². The Kier molecular flexibility index (Phi) is 5.11. The van der Waals surface area contributed by atoms with Crippen LogP contribution in [0.3, 0.4) is 0 Å². The van der Waals surface area contributed by atoms with Gasteiger partial charge in [0.2, 0.25) is 5.91 Å². The molecule has 22 heavy (non-hydrogen) atoms. The van der Waals surface area contributed by atoms with Crippen LogP contribution in [0.15, 0.2) is 47.1 Å². The summed E-state index contributed by atoms with van der Waals surface area (Å²) >= 11 is 8.00. The molecular formula is C17H18ClNO2S. The summed E-state index contributed by atoms with van der Waals surface area (Å²) in [7, 11) is 0. The van der Waals surface area contributed by atoms with E-state index in [4.69, 9.17) is 16.0 Å². The Morgan fingerprint density at radius 1 is 1.27 bits per heavy atom. The molecule has 0 aliphatic carbocycles. The van der Waals surface area contributed by atoms with Crippen molar-refractivity contribution in [2.75, 3.05) is 18.8 Å². The number of hydrogen-bond acceptors (Lipinski definition) is 3. The molecule has 0 N–H and O–H groups in total. The van der Waals surface area contributed by atoms with E-state index in [0.29, 0.717) is 16.7 Å². The minimum Gasteiger partial charge on any atom is -0.468 e. The maximum absolute atomic E-state index is 12.5. The number of amides is 1. The van der Waals surface area contributed by atoms with E-state index in [2.05, 4.69) is 0 Å². The minimum atomic E-state index is 0.147. The SMILES string of the molecule is O=C(Cc1ccccc1Cl)N1CCSC(c2ccco2)CC1. The molecule has 3 nitrogen and oxygen atoms in total. The molecule has 1 aromatic carbocycles. The summed E-state index contributed by atoms with van der Waals surface area (Å²) in [6.07, 6.45) is 3.00. The molecule has 0 saturated carbocycles. The lowest BCUT2D eigenvalue weighted by atomic mass is 10.1. The Labute approximate surface area is 139 Å². The summed E-state index contributed by atoms with van der Waals surface area (Å²) < 4.78 is 5.49. The van der Waals surface area contributed by atoms with Crippen LogP contribution < -0.4 is 0 Å². The van der Waals surface area contributed by atoms with Crippen LogP contribution in [0.4, 0.5) is 0 Å². The number of rotatable bonds is 3. The lowest BCUT2D eigenvalue weighted by Gasteiger charge is -2.20. The van der Waals surface area contributed by atoms with Crippen LogP contribution in [0.2, 0.25) is 5.02 Å². The Morgan fingerprint density at radius 3 is 2.91 bits per heavy atom. The minimum absolute atomic E-state index is 0.147. The van der Waals surface area contributed by atoms with Crippen molar-refractivity contribution in [3.05, 3.63) is 59.0 Å². The average Bonchev–Trinajstić information content (AvgIpc) is 2.94. The van der Waals surface area contributed by atoms with Gasteiger partial charge in [-0.05, 0) is 30.2 Å². The smallest absolute Gasteiger partial charge is 0.227 e. The molecule has 3 rings (SSSR count). The van der Waals surface area contributed by atoms with Crippen LogP contribution in [0.1, 0.15) is 23.0 Å². The molecular weight excluding hydrogens is 318 g/mol. The van der Waals surface area contributed by atoms with Crippen LogP contribution in [0.25, 0.3) is 0 Å². The van der Waals surface area contributed by atoms with Crippen LogP contribution in [0, 0.1) is 0 Å². The number of carbonyl (C=O) groups excluding carboxylic acids is 1. The highest BCUT2D eigenvalue weighted by Gasteiger charge is 2.23. The van der Waals surface area contributed by atoms with E-state index < -0.39 is 0 Å². The number of carbonyl (C=O) groups is 1. The second-order valence-electron chi connectivity index (χ2n) is 5.31. The highest BCUT2D eigenvalue weighted by Crippen LogP contribution is 2.34. The van der Waals surface area contributed by atoms with Gasteiger partial charge in [-0.25, -0.2) is 0 Å². The van der Waals surface area contributed by atoms with Crippen molar-refractivity contribution in [2.45, 2.75) is 18.1 Å². The van der Waals surface area contributed by atoms with Gasteiger partial charge in [0.15, 0.2) is 0 Å². The van der Waals surface area contributed by atoms with E-state index in [-0.39, 0.29) is 5.91 Å². The number of furan rings is 1. The third-order valence-electron chi connectivity index (χ3n) is 3.85. The normalized spacial score (nSPS) is 19.0. The molecule has 5 heteroatoms. The Balaban J connectivity index is 1.61. The van der Waals surface area contributed by atoms with Gasteiger partial charge >= 0.3 is 0 Å². The van der Waals surface area contributed by atoms with Crippen molar-refractivity contribution in [3.8, 4) is 0 Å². The first-order chi connectivity index (χ1) is 10.7. The lowest BCUT2D eigenvalue weighted by Crippen LogP contribution is -2.34. The van der Waals surface area contributed by atoms with Gasteiger partial charge < -0.3 is 9.32 Å². The summed E-state index contributed by atoms with van der Waals surface area (Å²) in [4.78, 5) is 14.4.